The molecule has 118 valence electrons. The molecule has 0 aliphatic carbocycles. The summed E-state index contributed by atoms with van der Waals surface area (Å²) in [6.07, 6.45) is 1.94. The first-order chi connectivity index (χ1) is 10.2. The molecule has 0 aromatic carbocycles. The second kappa shape index (κ2) is 8.48. The first-order valence-electron chi connectivity index (χ1n) is 7.40. The van der Waals surface area contributed by atoms with Crippen molar-refractivity contribution in [1.82, 2.24) is 10.2 Å². The summed E-state index contributed by atoms with van der Waals surface area (Å²) in [6.45, 7) is 4.68. The number of hydrogen-bond donors (Lipinski definition) is 1. The summed E-state index contributed by atoms with van der Waals surface area (Å²) < 4.78 is 10.4. The second-order valence-electron chi connectivity index (χ2n) is 5.15. The Bertz CT molecular complexity index is 425. The molecular formula is C15H24N2O3S. The van der Waals surface area contributed by atoms with E-state index in [2.05, 4.69) is 11.4 Å². The van der Waals surface area contributed by atoms with Gasteiger partial charge in [-0.3, -0.25) is 10.1 Å². The normalized spacial score (nSPS) is 22.2. The van der Waals surface area contributed by atoms with Gasteiger partial charge in [0.2, 0.25) is 5.91 Å². The molecule has 2 unspecified atom stereocenters. The SMILES string of the molecule is COCCOCCCCN1C(=O)C(C)NC1c1cccs1. The molecule has 1 N–H and O–H groups in total. The average molecular weight is 312 g/mol. The number of carbonyl (C=O) groups excluding carboxylic acids is 1. The van der Waals surface area contributed by atoms with Crippen LogP contribution in [0.1, 0.15) is 30.8 Å². The number of carbonyl (C=O) groups is 1. The number of methoxy groups -OCH3 is 1. The third kappa shape index (κ3) is 4.51. The van der Waals surface area contributed by atoms with Gasteiger partial charge < -0.3 is 14.4 Å². The van der Waals surface area contributed by atoms with Crippen molar-refractivity contribution in [3.8, 4) is 0 Å². The van der Waals surface area contributed by atoms with Crippen molar-refractivity contribution < 1.29 is 14.3 Å². The Balaban J connectivity index is 1.76. The van der Waals surface area contributed by atoms with Crippen LogP contribution in [0.5, 0.6) is 0 Å². The summed E-state index contributed by atoms with van der Waals surface area (Å²) in [5.41, 5.74) is 0. The minimum absolute atomic E-state index is 0.0295. The topological polar surface area (TPSA) is 50.8 Å². The Morgan fingerprint density at radius 2 is 2.19 bits per heavy atom. The van der Waals surface area contributed by atoms with Gasteiger partial charge in [0.15, 0.2) is 0 Å². The van der Waals surface area contributed by atoms with Crippen molar-refractivity contribution in [2.75, 3.05) is 33.5 Å². The van der Waals surface area contributed by atoms with Crippen LogP contribution in [-0.2, 0) is 14.3 Å². The smallest absolute Gasteiger partial charge is 0.241 e. The molecule has 6 heteroatoms. The molecule has 1 aliphatic rings. The van der Waals surface area contributed by atoms with E-state index in [-0.39, 0.29) is 18.1 Å². The van der Waals surface area contributed by atoms with E-state index in [4.69, 9.17) is 9.47 Å². The van der Waals surface area contributed by atoms with E-state index in [1.807, 2.05) is 23.3 Å². The van der Waals surface area contributed by atoms with Crippen molar-refractivity contribution in [3.63, 3.8) is 0 Å². The third-order valence-electron chi connectivity index (χ3n) is 3.56. The number of hydrogen-bond acceptors (Lipinski definition) is 5. The van der Waals surface area contributed by atoms with E-state index in [0.29, 0.717) is 13.2 Å². The van der Waals surface area contributed by atoms with Gasteiger partial charge in [0.25, 0.3) is 0 Å². The molecule has 1 fully saturated rings. The van der Waals surface area contributed by atoms with E-state index in [9.17, 15) is 4.79 Å². The van der Waals surface area contributed by atoms with Gasteiger partial charge in [0.1, 0.15) is 6.17 Å². The second-order valence-corrected chi connectivity index (χ2v) is 6.13. The lowest BCUT2D eigenvalue weighted by atomic mass is 10.2. The maximum Gasteiger partial charge on any atom is 0.241 e. The zero-order valence-corrected chi connectivity index (χ0v) is 13.5. The molecule has 0 radical (unpaired) electrons. The number of thiophene rings is 1. The van der Waals surface area contributed by atoms with Crippen LogP contribution in [0.4, 0.5) is 0 Å². The summed E-state index contributed by atoms with van der Waals surface area (Å²) >= 11 is 1.69. The van der Waals surface area contributed by atoms with Gasteiger partial charge in [-0.1, -0.05) is 6.07 Å². The van der Waals surface area contributed by atoms with E-state index < -0.39 is 0 Å². The Labute approximate surface area is 130 Å². The van der Waals surface area contributed by atoms with Gasteiger partial charge in [0.05, 0.1) is 19.3 Å². The molecule has 2 rings (SSSR count). The van der Waals surface area contributed by atoms with Gasteiger partial charge in [-0.15, -0.1) is 11.3 Å². The highest BCUT2D eigenvalue weighted by Gasteiger charge is 2.36. The summed E-state index contributed by atoms with van der Waals surface area (Å²) in [5, 5.41) is 5.41. The van der Waals surface area contributed by atoms with Gasteiger partial charge >= 0.3 is 0 Å². The van der Waals surface area contributed by atoms with Crippen molar-refractivity contribution in [2.24, 2.45) is 0 Å². The first kappa shape index (κ1) is 16.4. The lowest BCUT2D eigenvalue weighted by Gasteiger charge is -2.23. The van der Waals surface area contributed by atoms with E-state index in [0.717, 1.165) is 26.0 Å². The highest BCUT2D eigenvalue weighted by molar-refractivity contribution is 7.10. The minimum atomic E-state index is -0.102. The highest BCUT2D eigenvalue weighted by atomic mass is 32.1. The molecule has 5 nitrogen and oxygen atoms in total. The van der Waals surface area contributed by atoms with Gasteiger partial charge in [-0.05, 0) is 31.2 Å². The molecule has 0 bridgehead atoms. The number of ether oxygens (including phenoxy) is 2. The number of nitrogens with zero attached hydrogens (tertiary/aromatic N) is 1. The monoisotopic (exact) mass is 312 g/mol. The fourth-order valence-electron chi connectivity index (χ4n) is 2.43. The van der Waals surface area contributed by atoms with E-state index in [1.54, 1.807) is 18.4 Å². The molecule has 1 aliphatic heterocycles. The lowest BCUT2D eigenvalue weighted by Crippen LogP contribution is -2.31. The summed E-state index contributed by atoms with van der Waals surface area (Å²) in [6, 6.07) is 4.00. The average Bonchev–Trinajstić information content (AvgIpc) is 3.09. The molecule has 21 heavy (non-hydrogen) atoms. The standard InChI is InChI=1S/C15H24N2O3S/c1-12-15(18)17(7-3-4-8-20-10-9-19-2)14(16-12)13-6-5-11-21-13/h5-6,11-12,14,16H,3-4,7-10H2,1-2H3. The zero-order valence-electron chi connectivity index (χ0n) is 12.7. The molecule has 1 saturated heterocycles. The fraction of sp³-hybridized carbons (Fsp3) is 0.667. The quantitative estimate of drug-likeness (QED) is 0.709. The molecule has 1 aromatic heterocycles. The van der Waals surface area contributed by atoms with Gasteiger partial charge in [-0.2, -0.15) is 0 Å². The van der Waals surface area contributed by atoms with Gasteiger partial charge in [0, 0.05) is 25.1 Å². The number of unbranched alkanes of at least 4 members (excludes halogenated alkanes) is 1. The fourth-order valence-corrected chi connectivity index (χ4v) is 3.22. The third-order valence-corrected chi connectivity index (χ3v) is 4.48. The Kier molecular flexibility index (Phi) is 6.63. The number of amides is 1. The van der Waals surface area contributed by atoms with Crippen molar-refractivity contribution in [2.45, 2.75) is 32.0 Å². The van der Waals surface area contributed by atoms with Crippen LogP contribution < -0.4 is 5.32 Å². The molecule has 2 atom stereocenters. The number of rotatable bonds is 9. The number of nitrogens with one attached hydrogen (secondary N) is 1. The predicted octanol–water partition coefficient (Wildman–Crippen LogP) is 2.01. The van der Waals surface area contributed by atoms with E-state index in [1.165, 1.54) is 4.88 Å². The maximum absolute atomic E-state index is 12.2. The molecule has 0 saturated carbocycles. The highest BCUT2D eigenvalue weighted by Crippen LogP contribution is 2.28. The van der Waals surface area contributed by atoms with Crippen molar-refractivity contribution >= 4 is 17.2 Å². The molecular weight excluding hydrogens is 288 g/mol. The van der Waals surface area contributed by atoms with Crippen molar-refractivity contribution in [1.29, 1.82) is 0 Å². The van der Waals surface area contributed by atoms with Crippen LogP contribution in [0.25, 0.3) is 0 Å². The molecule has 0 spiro atoms. The van der Waals surface area contributed by atoms with Crippen LogP contribution in [0.15, 0.2) is 17.5 Å². The van der Waals surface area contributed by atoms with Gasteiger partial charge in [-0.25, -0.2) is 0 Å². The lowest BCUT2D eigenvalue weighted by molar-refractivity contribution is -0.129. The van der Waals surface area contributed by atoms with Crippen LogP contribution in [0, 0.1) is 0 Å². The van der Waals surface area contributed by atoms with Crippen LogP contribution in [-0.4, -0.2) is 50.3 Å². The van der Waals surface area contributed by atoms with Crippen LogP contribution >= 0.6 is 11.3 Å². The largest absolute Gasteiger partial charge is 0.382 e. The van der Waals surface area contributed by atoms with Crippen LogP contribution in [0.3, 0.4) is 0 Å². The Morgan fingerprint density at radius 3 is 2.90 bits per heavy atom. The Morgan fingerprint density at radius 1 is 1.33 bits per heavy atom. The first-order valence-corrected chi connectivity index (χ1v) is 8.28. The summed E-state index contributed by atoms with van der Waals surface area (Å²) in [7, 11) is 1.67. The molecule has 1 amide bonds. The molecule has 1 aromatic rings. The van der Waals surface area contributed by atoms with E-state index >= 15 is 0 Å². The Hall–Kier alpha value is -0.950. The van der Waals surface area contributed by atoms with Crippen LogP contribution in [0.2, 0.25) is 0 Å². The maximum atomic E-state index is 12.2. The summed E-state index contributed by atoms with van der Waals surface area (Å²) in [4.78, 5) is 15.4. The zero-order chi connectivity index (χ0) is 15.1. The minimum Gasteiger partial charge on any atom is -0.382 e. The summed E-state index contributed by atoms with van der Waals surface area (Å²) in [5.74, 6) is 0.189. The molecule has 2 heterocycles. The van der Waals surface area contributed by atoms with Crippen molar-refractivity contribution in [3.05, 3.63) is 22.4 Å². The predicted molar refractivity (Wildman–Crippen MR) is 83.3 cm³/mol.